The number of hydrogen-bond acceptors (Lipinski definition) is 2. The zero-order chi connectivity index (χ0) is 29.9. The number of carbonyl (C=O) groups is 1. The molecule has 7 aromatic rings. The smallest absolute Gasteiger partial charge is 0.256 e. The number of halogens is 1. The average Bonchev–Trinajstić information content (AvgIpc) is 3.09. The van der Waals surface area contributed by atoms with Crippen LogP contribution in [0.3, 0.4) is 0 Å². The van der Waals surface area contributed by atoms with Gasteiger partial charge in [-0.2, -0.15) is 0 Å². The minimum atomic E-state index is -0.220. The first kappa shape index (κ1) is 27.3. The summed E-state index contributed by atoms with van der Waals surface area (Å²) in [7, 11) is 0. The maximum atomic E-state index is 14.2. The van der Waals surface area contributed by atoms with Crippen LogP contribution in [0, 0.1) is 0 Å². The van der Waals surface area contributed by atoms with E-state index in [0.717, 1.165) is 55.4 Å². The molecule has 0 aliphatic carbocycles. The summed E-state index contributed by atoms with van der Waals surface area (Å²) in [5.74, 6) is -0.220. The highest BCUT2D eigenvalue weighted by Crippen LogP contribution is 2.51. The van der Waals surface area contributed by atoms with Gasteiger partial charge in [0.2, 0.25) is 0 Å². The number of rotatable bonds is 6. The lowest BCUT2D eigenvalue weighted by Gasteiger charge is -2.24. The van der Waals surface area contributed by atoms with Crippen LogP contribution < -0.4 is 5.32 Å². The fourth-order valence-electron chi connectivity index (χ4n) is 5.89. The van der Waals surface area contributed by atoms with Gasteiger partial charge in [-0.1, -0.05) is 133 Å². The fraction of sp³-hybridized carbons (Fsp3) is 0. The van der Waals surface area contributed by atoms with E-state index in [1.54, 1.807) is 30.5 Å². The van der Waals surface area contributed by atoms with E-state index < -0.39 is 0 Å². The Balaban J connectivity index is 1.67. The summed E-state index contributed by atoms with van der Waals surface area (Å²) in [6.07, 6.45) is 1.73. The van der Waals surface area contributed by atoms with Crippen molar-refractivity contribution >= 4 is 34.1 Å². The normalized spacial score (nSPS) is 10.9. The summed E-state index contributed by atoms with van der Waals surface area (Å²) in [6, 6.07) is 50.4. The third-order valence-electron chi connectivity index (χ3n) is 7.78. The van der Waals surface area contributed by atoms with Gasteiger partial charge in [0.05, 0.1) is 11.1 Å². The molecule has 44 heavy (non-hydrogen) atoms. The maximum Gasteiger partial charge on any atom is 0.256 e. The first-order chi connectivity index (χ1) is 21.7. The van der Waals surface area contributed by atoms with E-state index in [1.165, 1.54) is 0 Å². The Bertz CT molecular complexity index is 2080. The Hall–Kier alpha value is -5.51. The molecule has 0 fully saturated rings. The van der Waals surface area contributed by atoms with E-state index in [1.807, 2.05) is 54.6 Å². The molecule has 0 aliphatic heterocycles. The Morgan fingerprint density at radius 3 is 1.43 bits per heavy atom. The van der Waals surface area contributed by atoms with Crippen LogP contribution in [-0.2, 0) is 0 Å². The second-order valence-electron chi connectivity index (χ2n) is 10.5. The van der Waals surface area contributed by atoms with Crippen molar-refractivity contribution in [1.29, 1.82) is 0 Å². The molecule has 1 amide bonds. The van der Waals surface area contributed by atoms with Gasteiger partial charge in [-0.05, 0) is 58.1 Å². The second kappa shape index (κ2) is 12.0. The van der Waals surface area contributed by atoms with Gasteiger partial charge in [-0.25, -0.2) is 0 Å². The minimum Gasteiger partial charge on any atom is -0.322 e. The third-order valence-corrected chi connectivity index (χ3v) is 8.04. The van der Waals surface area contributed by atoms with Crippen molar-refractivity contribution in [3.8, 4) is 44.5 Å². The predicted octanol–water partition coefficient (Wildman–Crippen LogP) is 10.8. The number of pyridine rings is 1. The molecule has 6 aromatic carbocycles. The van der Waals surface area contributed by atoms with Crippen LogP contribution in [0.5, 0.6) is 0 Å². The number of fused-ring (bicyclic) bond motifs is 1. The zero-order valence-electron chi connectivity index (χ0n) is 23.7. The Labute approximate surface area is 261 Å². The van der Waals surface area contributed by atoms with Gasteiger partial charge in [0.15, 0.2) is 0 Å². The van der Waals surface area contributed by atoms with Crippen LogP contribution >= 0.6 is 11.6 Å². The van der Waals surface area contributed by atoms with Gasteiger partial charge in [-0.15, -0.1) is 0 Å². The van der Waals surface area contributed by atoms with Crippen LogP contribution in [0.2, 0.25) is 5.02 Å². The van der Waals surface area contributed by atoms with Crippen LogP contribution in [-0.4, -0.2) is 10.9 Å². The number of nitrogens with zero attached hydrogens (tertiary/aromatic N) is 1. The Morgan fingerprint density at radius 2 is 0.932 bits per heavy atom. The average molecular weight is 587 g/mol. The molecule has 0 unspecified atom stereocenters. The summed E-state index contributed by atoms with van der Waals surface area (Å²) in [6.45, 7) is 0. The van der Waals surface area contributed by atoms with Crippen molar-refractivity contribution in [2.24, 2.45) is 0 Å². The Kier molecular flexibility index (Phi) is 7.46. The molecule has 4 heteroatoms. The summed E-state index contributed by atoms with van der Waals surface area (Å²) in [4.78, 5) is 19.2. The molecule has 0 spiro atoms. The molecule has 1 heterocycles. The SMILES string of the molecule is O=C(Nc1ccc(Cl)cc1)c1ccnc2c(-c3ccccc3)c(-c3ccccc3)c(-c3ccccc3)c(-c3ccccc3)c12. The number of amides is 1. The monoisotopic (exact) mass is 586 g/mol. The number of anilines is 1. The second-order valence-corrected chi connectivity index (χ2v) is 10.9. The van der Waals surface area contributed by atoms with E-state index in [9.17, 15) is 4.79 Å². The van der Waals surface area contributed by atoms with Crippen molar-refractivity contribution in [3.63, 3.8) is 0 Å². The van der Waals surface area contributed by atoms with E-state index >= 15 is 0 Å². The molecule has 0 saturated carbocycles. The van der Waals surface area contributed by atoms with Gasteiger partial charge >= 0.3 is 0 Å². The lowest BCUT2D eigenvalue weighted by molar-refractivity contribution is 0.102. The highest BCUT2D eigenvalue weighted by Gasteiger charge is 2.27. The van der Waals surface area contributed by atoms with Crippen LogP contribution in [0.4, 0.5) is 5.69 Å². The standard InChI is InChI=1S/C40H27ClN2O/c41-31-21-23-32(24-22-31)43-40(44)33-25-26-42-39-37(30-19-11-4-12-20-30)35(28-15-7-2-8-16-28)34(27-13-5-1-6-14-27)36(38(33)39)29-17-9-3-10-18-29/h1-26H,(H,43,44). The number of hydrogen-bond donors (Lipinski definition) is 1. The van der Waals surface area contributed by atoms with Crippen molar-refractivity contribution in [3.05, 3.63) is 168 Å². The van der Waals surface area contributed by atoms with E-state index in [-0.39, 0.29) is 5.91 Å². The number of carbonyl (C=O) groups excluding carboxylic acids is 1. The summed E-state index contributed by atoms with van der Waals surface area (Å²) in [5, 5.41) is 4.50. The minimum absolute atomic E-state index is 0.220. The molecular weight excluding hydrogens is 560 g/mol. The molecule has 1 aromatic heterocycles. The van der Waals surface area contributed by atoms with E-state index in [2.05, 4.69) is 78.1 Å². The molecular formula is C40H27ClN2O. The summed E-state index contributed by atoms with van der Waals surface area (Å²) >= 11 is 6.13. The number of benzene rings is 6. The highest BCUT2D eigenvalue weighted by molar-refractivity contribution is 6.30. The number of aromatic nitrogens is 1. The van der Waals surface area contributed by atoms with Gasteiger partial charge in [0.1, 0.15) is 0 Å². The van der Waals surface area contributed by atoms with E-state index in [0.29, 0.717) is 16.3 Å². The quantitative estimate of drug-likeness (QED) is 0.210. The zero-order valence-corrected chi connectivity index (χ0v) is 24.5. The fourth-order valence-corrected chi connectivity index (χ4v) is 6.01. The predicted molar refractivity (Wildman–Crippen MR) is 183 cm³/mol. The van der Waals surface area contributed by atoms with Crippen LogP contribution in [0.1, 0.15) is 10.4 Å². The molecule has 0 radical (unpaired) electrons. The van der Waals surface area contributed by atoms with Crippen molar-refractivity contribution in [2.75, 3.05) is 5.32 Å². The molecule has 0 bridgehead atoms. The molecule has 7 rings (SSSR count). The molecule has 0 atom stereocenters. The van der Waals surface area contributed by atoms with Gasteiger partial charge in [0, 0.05) is 39.0 Å². The van der Waals surface area contributed by atoms with Crippen LogP contribution in [0.25, 0.3) is 55.4 Å². The van der Waals surface area contributed by atoms with Crippen molar-refractivity contribution < 1.29 is 4.79 Å². The topological polar surface area (TPSA) is 42.0 Å². The molecule has 1 N–H and O–H groups in total. The Morgan fingerprint density at radius 1 is 0.500 bits per heavy atom. The summed E-state index contributed by atoms with van der Waals surface area (Å²) in [5.41, 5.74) is 10.2. The van der Waals surface area contributed by atoms with E-state index in [4.69, 9.17) is 16.6 Å². The molecule has 210 valence electrons. The lowest BCUT2D eigenvalue weighted by atomic mass is 9.79. The maximum absolute atomic E-state index is 14.2. The lowest BCUT2D eigenvalue weighted by Crippen LogP contribution is -2.13. The third kappa shape index (κ3) is 5.15. The molecule has 0 saturated heterocycles. The number of nitrogens with one attached hydrogen (secondary N) is 1. The van der Waals surface area contributed by atoms with Crippen LogP contribution in [0.15, 0.2) is 158 Å². The van der Waals surface area contributed by atoms with Crippen molar-refractivity contribution in [1.82, 2.24) is 4.98 Å². The van der Waals surface area contributed by atoms with Crippen molar-refractivity contribution in [2.45, 2.75) is 0 Å². The van der Waals surface area contributed by atoms with Gasteiger partial charge in [-0.3, -0.25) is 9.78 Å². The van der Waals surface area contributed by atoms with Gasteiger partial charge < -0.3 is 5.32 Å². The summed E-state index contributed by atoms with van der Waals surface area (Å²) < 4.78 is 0. The molecule has 0 aliphatic rings. The highest BCUT2D eigenvalue weighted by atomic mass is 35.5. The first-order valence-electron chi connectivity index (χ1n) is 14.5. The van der Waals surface area contributed by atoms with Gasteiger partial charge in [0.25, 0.3) is 5.91 Å². The largest absolute Gasteiger partial charge is 0.322 e. The first-order valence-corrected chi connectivity index (χ1v) is 14.8. The molecule has 3 nitrogen and oxygen atoms in total.